The number of hydrogen-bond acceptors (Lipinski definition) is 4. The number of halogens is 1. The molecule has 0 aromatic heterocycles. The minimum Gasteiger partial charge on any atom is -0.466 e. The average Bonchev–Trinajstić information content (AvgIpc) is 3.37. The first-order valence-corrected chi connectivity index (χ1v) is 7.44. The van der Waals surface area contributed by atoms with Gasteiger partial charge in [0, 0.05) is 30.3 Å². The average molecular weight is 337 g/mol. The minimum atomic E-state index is -0.638. The van der Waals surface area contributed by atoms with E-state index in [-0.39, 0.29) is 11.9 Å². The quantitative estimate of drug-likeness (QED) is 0.661. The summed E-state index contributed by atoms with van der Waals surface area (Å²) in [6, 6.07) is 4.89. The standard InChI is InChI=1S/C16H17ClN2O4/c1-19(11-4-5-11)16(22)12-9-10(17)3-6-13(12)18-14(20)7-8-15(21)23-2/h3,6-9,11H,4-5H2,1-2H3,(H,18,20). The number of methoxy groups -OCH3 is 1. The SMILES string of the molecule is COC(=O)C=CC(=O)Nc1ccc(Cl)cc1C(=O)N(C)C1CC1. The van der Waals surface area contributed by atoms with Crippen LogP contribution in [0.2, 0.25) is 5.02 Å². The first-order valence-electron chi connectivity index (χ1n) is 7.06. The second-order valence-electron chi connectivity index (χ2n) is 5.18. The van der Waals surface area contributed by atoms with Gasteiger partial charge < -0.3 is 15.0 Å². The zero-order chi connectivity index (χ0) is 17.0. The second-order valence-corrected chi connectivity index (χ2v) is 5.62. The van der Waals surface area contributed by atoms with Gasteiger partial charge in [-0.3, -0.25) is 9.59 Å². The van der Waals surface area contributed by atoms with Crippen molar-refractivity contribution in [1.29, 1.82) is 0 Å². The van der Waals surface area contributed by atoms with Crippen LogP contribution in [0, 0.1) is 0 Å². The van der Waals surface area contributed by atoms with E-state index in [9.17, 15) is 14.4 Å². The minimum absolute atomic E-state index is 0.206. The molecule has 0 atom stereocenters. The van der Waals surface area contributed by atoms with Crippen LogP contribution in [0.25, 0.3) is 0 Å². The van der Waals surface area contributed by atoms with Crippen LogP contribution in [-0.4, -0.2) is 42.9 Å². The molecule has 7 heteroatoms. The lowest BCUT2D eigenvalue weighted by molar-refractivity contribution is -0.135. The van der Waals surface area contributed by atoms with E-state index < -0.39 is 11.9 Å². The summed E-state index contributed by atoms with van der Waals surface area (Å²) in [5.74, 6) is -1.39. The Hall–Kier alpha value is -2.34. The molecule has 0 radical (unpaired) electrons. The third kappa shape index (κ3) is 4.56. The normalized spacial score (nSPS) is 13.7. The molecular weight excluding hydrogens is 320 g/mol. The molecule has 2 rings (SSSR count). The predicted molar refractivity (Wildman–Crippen MR) is 86.4 cm³/mol. The molecule has 0 saturated heterocycles. The molecule has 0 heterocycles. The Morgan fingerprint density at radius 3 is 2.61 bits per heavy atom. The van der Waals surface area contributed by atoms with Crippen molar-refractivity contribution in [2.24, 2.45) is 0 Å². The monoisotopic (exact) mass is 336 g/mol. The Labute approximate surface area is 139 Å². The van der Waals surface area contributed by atoms with Gasteiger partial charge in [-0.1, -0.05) is 11.6 Å². The summed E-state index contributed by atoms with van der Waals surface area (Å²) in [5.41, 5.74) is 0.651. The third-order valence-electron chi connectivity index (χ3n) is 3.46. The highest BCUT2D eigenvalue weighted by atomic mass is 35.5. The van der Waals surface area contributed by atoms with Gasteiger partial charge in [0.25, 0.3) is 5.91 Å². The van der Waals surface area contributed by atoms with Crippen LogP contribution >= 0.6 is 11.6 Å². The molecule has 1 N–H and O–H groups in total. The molecule has 1 aromatic rings. The highest BCUT2D eigenvalue weighted by Gasteiger charge is 2.31. The fourth-order valence-electron chi connectivity index (χ4n) is 2.01. The van der Waals surface area contributed by atoms with E-state index >= 15 is 0 Å². The number of ether oxygens (including phenoxy) is 1. The summed E-state index contributed by atoms with van der Waals surface area (Å²) in [4.78, 5) is 37.0. The lowest BCUT2D eigenvalue weighted by Gasteiger charge is -2.18. The van der Waals surface area contributed by atoms with Crippen LogP contribution in [0.4, 0.5) is 5.69 Å². The van der Waals surface area contributed by atoms with Gasteiger partial charge in [-0.05, 0) is 31.0 Å². The van der Waals surface area contributed by atoms with Crippen LogP contribution in [0.15, 0.2) is 30.4 Å². The third-order valence-corrected chi connectivity index (χ3v) is 3.69. The van der Waals surface area contributed by atoms with Gasteiger partial charge in [0.15, 0.2) is 0 Å². The molecule has 1 saturated carbocycles. The lowest BCUT2D eigenvalue weighted by Crippen LogP contribution is -2.29. The number of anilines is 1. The highest BCUT2D eigenvalue weighted by molar-refractivity contribution is 6.31. The molecule has 23 heavy (non-hydrogen) atoms. The molecule has 122 valence electrons. The Kier molecular flexibility index (Phi) is 5.39. The second kappa shape index (κ2) is 7.28. The molecule has 1 fully saturated rings. The number of nitrogens with zero attached hydrogens (tertiary/aromatic N) is 1. The van der Waals surface area contributed by atoms with Crippen molar-refractivity contribution in [2.75, 3.05) is 19.5 Å². The smallest absolute Gasteiger partial charge is 0.330 e. The fourth-order valence-corrected chi connectivity index (χ4v) is 2.18. The fraction of sp³-hybridized carbons (Fsp3) is 0.312. The van der Waals surface area contributed by atoms with E-state index in [2.05, 4.69) is 10.1 Å². The van der Waals surface area contributed by atoms with Crippen LogP contribution < -0.4 is 5.32 Å². The maximum atomic E-state index is 12.5. The molecular formula is C16H17ClN2O4. The first kappa shape index (κ1) is 17.0. The van der Waals surface area contributed by atoms with E-state index in [1.54, 1.807) is 24.1 Å². The number of amides is 2. The number of rotatable bonds is 5. The summed E-state index contributed by atoms with van der Waals surface area (Å²) in [6.07, 6.45) is 4.00. The molecule has 0 aliphatic heterocycles. The predicted octanol–water partition coefficient (Wildman–Crippen LogP) is 2.24. The number of benzene rings is 1. The zero-order valence-corrected chi connectivity index (χ0v) is 13.6. The van der Waals surface area contributed by atoms with Gasteiger partial charge >= 0.3 is 5.97 Å². The van der Waals surface area contributed by atoms with Crippen LogP contribution in [0.5, 0.6) is 0 Å². The van der Waals surface area contributed by atoms with Gasteiger partial charge in [-0.2, -0.15) is 0 Å². The Balaban J connectivity index is 2.18. The summed E-state index contributed by atoms with van der Waals surface area (Å²) in [5, 5.41) is 2.98. The topological polar surface area (TPSA) is 75.7 Å². The van der Waals surface area contributed by atoms with Crippen molar-refractivity contribution in [3.8, 4) is 0 Å². The number of carbonyl (C=O) groups is 3. The molecule has 0 bridgehead atoms. The van der Waals surface area contributed by atoms with Gasteiger partial charge in [0.1, 0.15) is 0 Å². The summed E-state index contributed by atoms with van der Waals surface area (Å²) < 4.78 is 4.41. The summed E-state index contributed by atoms with van der Waals surface area (Å²) >= 11 is 5.96. The zero-order valence-electron chi connectivity index (χ0n) is 12.8. The lowest BCUT2D eigenvalue weighted by atomic mass is 10.1. The number of nitrogens with one attached hydrogen (secondary N) is 1. The Bertz CT molecular complexity index is 668. The van der Waals surface area contributed by atoms with E-state index in [4.69, 9.17) is 11.6 Å². The van der Waals surface area contributed by atoms with Crippen molar-refractivity contribution in [3.63, 3.8) is 0 Å². The molecule has 6 nitrogen and oxygen atoms in total. The number of esters is 1. The Morgan fingerprint density at radius 2 is 2.00 bits per heavy atom. The van der Waals surface area contributed by atoms with Gasteiger partial charge in [-0.25, -0.2) is 4.79 Å². The van der Waals surface area contributed by atoms with E-state index in [0.29, 0.717) is 16.3 Å². The van der Waals surface area contributed by atoms with E-state index in [0.717, 1.165) is 25.0 Å². The molecule has 1 aliphatic rings. The summed E-state index contributed by atoms with van der Waals surface area (Å²) in [7, 11) is 2.94. The van der Waals surface area contributed by atoms with Gasteiger partial charge in [0.05, 0.1) is 18.4 Å². The van der Waals surface area contributed by atoms with Gasteiger partial charge in [0.2, 0.25) is 5.91 Å². The van der Waals surface area contributed by atoms with Crippen molar-refractivity contribution in [3.05, 3.63) is 40.9 Å². The molecule has 0 spiro atoms. The summed E-state index contributed by atoms with van der Waals surface area (Å²) in [6.45, 7) is 0. The van der Waals surface area contributed by atoms with Crippen molar-refractivity contribution in [2.45, 2.75) is 18.9 Å². The largest absolute Gasteiger partial charge is 0.466 e. The van der Waals surface area contributed by atoms with Crippen molar-refractivity contribution >= 4 is 35.1 Å². The molecule has 0 unspecified atom stereocenters. The number of carbonyl (C=O) groups excluding carboxylic acids is 3. The van der Waals surface area contributed by atoms with Crippen LogP contribution in [0.1, 0.15) is 23.2 Å². The first-order chi connectivity index (χ1) is 10.9. The van der Waals surface area contributed by atoms with Crippen molar-refractivity contribution in [1.82, 2.24) is 4.90 Å². The van der Waals surface area contributed by atoms with Crippen LogP contribution in [0.3, 0.4) is 0 Å². The van der Waals surface area contributed by atoms with Crippen LogP contribution in [-0.2, 0) is 14.3 Å². The van der Waals surface area contributed by atoms with E-state index in [1.165, 1.54) is 13.2 Å². The maximum Gasteiger partial charge on any atom is 0.330 e. The highest BCUT2D eigenvalue weighted by Crippen LogP contribution is 2.29. The molecule has 1 aliphatic carbocycles. The Morgan fingerprint density at radius 1 is 1.30 bits per heavy atom. The maximum absolute atomic E-state index is 12.5. The molecule has 2 amide bonds. The molecule has 1 aromatic carbocycles. The van der Waals surface area contributed by atoms with E-state index in [1.807, 2.05) is 0 Å². The number of hydrogen-bond donors (Lipinski definition) is 1. The van der Waals surface area contributed by atoms with Crippen molar-refractivity contribution < 1.29 is 19.1 Å². The van der Waals surface area contributed by atoms with Gasteiger partial charge in [-0.15, -0.1) is 0 Å².